The fourth-order valence-corrected chi connectivity index (χ4v) is 1.64. The molecule has 0 bridgehead atoms. The number of aliphatic hydroxyl groups excluding tert-OH is 1. The van der Waals surface area contributed by atoms with Crippen LogP contribution in [0.5, 0.6) is 5.75 Å². The van der Waals surface area contributed by atoms with Crippen molar-refractivity contribution in [3.63, 3.8) is 0 Å². The van der Waals surface area contributed by atoms with Gasteiger partial charge in [0.15, 0.2) is 0 Å². The molecule has 0 aliphatic rings. The van der Waals surface area contributed by atoms with Gasteiger partial charge in [0.2, 0.25) is 0 Å². The van der Waals surface area contributed by atoms with Gasteiger partial charge in [-0.25, -0.2) is 0 Å². The number of rotatable bonds is 7. The summed E-state index contributed by atoms with van der Waals surface area (Å²) in [4.78, 5) is 11.8. The third-order valence-electron chi connectivity index (χ3n) is 2.81. The predicted octanol–water partition coefficient (Wildman–Crippen LogP) is 1.56. The molecule has 0 saturated heterocycles. The summed E-state index contributed by atoms with van der Waals surface area (Å²) in [6.07, 6.45) is 0.867. The maximum Gasteiger partial charge on any atom is 0.251 e. The van der Waals surface area contributed by atoms with Crippen LogP contribution in [0, 0.1) is 0 Å². The van der Waals surface area contributed by atoms with Crippen LogP contribution in [0.25, 0.3) is 0 Å². The molecule has 0 saturated carbocycles. The van der Waals surface area contributed by atoms with Crippen LogP contribution < -0.4 is 15.8 Å². The first-order valence-corrected chi connectivity index (χ1v) is 6.57. The third-order valence-corrected chi connectivity index (χ3v) is 2.81. The van der Waals surface area contributed by atoms with Gasteiger partial charge >= 0.3 is 0 Å². The minimum Gasteiger partial charge on any atom is -0.492 e. The molecule has 106 valence electrons. The summed E-state index contributed by atoms with van der Waals surface area (Å²) in [5.41, 5.74) is 6.74. The first-order valence-electron chi connectivity index (χ1n) is 6.57. The quantitative estimate of drug-likeness (QED) is 0.654. The fourth-order valence-electron chi connectivity index (χ4n) is 1.64. The van der Waals surface area contributed by atoms with E-state index in [0.717, 1.165) is 0 Å². The Bertz CT molecular complexity index is 421. The Hall–Kier alpha value is -1.75. The van der Waals surface area contributed by atoms with Gasteiger partial charge in [0.1, 0.15) is 5.75 Å². The molecule has 1 unspecified atom stereocenters. The summed E-state index contributed by atoms with van der Waals surface area (Å²) in [7, 11) is 0. The van der Waals surface area contributed by atoms with E-state index in [1.165, 1.54) is 0 Å². The van der Waals surface area contributed by atoms with E-state index in [9.17, 15) is 9.90 Å². The highest BCUT2D eigenvalue weighted by molar-refractivity contribution is 5.95. The molecule has 1 atom stereocenters. The number of ether oxygens (including phenoxy) is 1. The van der Waals surface area contributed by atoms with Crippen molar-refractivity contribution >= 4 is 11.6 Å². The number of anilines is 1. The molecule has 1 aromatic rings. The Labute approximate surface area is 113 Å². The minimum atomic E-state index is -0.370. The van der Waals surface area contributed by atoms with Crippen LogP contribution in [0.1, 0.15) is 37.0 Å². The molecule has 19 heavy (non-hydrogen) atoms. The van der Waals surface area contributed by atoms with E-state index >= 15 is 0 Å². The van der Waals surface area contributed by atoms with E-state index in [1.54, 1.807) is 18.2 Å². The van der Waals surface area contributed by atoms with Crippen LogP contribution in [0.3, 0.4) is 0 Å². The van der Waals surface area contributed by atoms with E-state index in [-0.39, 0.29) is 12.0 Å². The molecule has 0 radical (unpaired) electrons. The molecule has 0 aromatic heterocycles. The van der Waals surface area contributed by atoms with E-state index in [1.807, 2.05) is 13.8 Å². The summed E-state index contributed by atoms with van der Waals surface area (Å²) in [6.45, 7) is 4.75. The second kappa shape index (κ2) is 7.63. The van der Waals surface area contributed by atoms with Crippen molar-refractivity contribution in [2.75, 3.05) is 18.9 Å². The maximum absolute atomic E-state index is 11.8. The zero-order valence-electron chi connectivity index (χ0n) is 11.5. The summed E-state index contributed by atoms with van der Waals surface area (Å²) in [6, 6.07) is 4.96. The zero-order valence-corrected chi connectivity index (χ0v) is 11.5. The van der Waals surface area contributed by atoms with Crippen LogP contribution in [-0.4, -0.2) is 30.3 Å². The number of carbonyl (C=O) groups is 1. The number of nitrogen functional groups attached to an aromatic ring is 1. The van der Waals surface area contributed by atoms with Gasteiger partial charge in [-0.15, -0.1) is 0 Å². The SMILES string of the molecule is CCOc1ccc(C(=O)NCCC(O)CC)cc1N. The van der Waals surface area contributed by atoms with Crippen molar-refractivity contribution in [1.29, 1.82) is 0 Å². The fraction of sp³-hybridized carbons (Fsp3) is 0.500. The molecule has 1 aromatic carbocycles. The topological polar surface area (TPSA) is 84.6 Å². The average molecular weight is 266 g/mol. The van der Waals surface area contributed by atoms with Gasteiger partial charge in [-0.3, -0.25) is 4.79 Å². The van der Waals surface area contributed by atoms with Crippen molar-refractivity contribution in [3.05, 3.63) is 23.8 Å². The predicted molar refractivity (Wildman–Crippen MR) is 75.3 cm³/mol. The highest BCUT2D eigenvalue weighted by Crippen LogP contribution is 2.22. The van der Waals surface area contributed by atoms with Crippen molar-refractivity contribution in [3.8, 4) is 5.75 Å². The van der Waals surface area contributed by atoms with E-state index < -0.39 is 0 Å². The molecular formula is C14H22N2O3. The van der Waals surface area contributed by atoms with Crippen molar-refractivity contribution in [2.24, 2.45) is 0 Å². The Morgan fingerprint density at radius 1 is 1.47 bits per heavy atom. The van der Waals surface area contributed by atoms with Crippen LogP contribution in [0.2, 0.25) is 0 Å². The van der Waals surface area contributed by atoms with Crippen molar-refractivity contribution in [1.82, 2.24) is 5.32 Å². The summed E-state index contributed by atoms with van der Waals surface area (Å²) in [5.74, 6) is 0.388. The summed E-state index contributed by atoms with van der Waals surface area (Å²) >= 11 is 0. The molecule has 1 amide bonds. The summed E-state index contributed by atoms with van der Waals surface area (Å²) < 4.78 is 5.31. The lowest BCUT2D eigenvalue weighted by atomic mass is 10.1. The van der Waals surface area contributed by atoms with Gasteiger partial charge in [-0.1, -0.05) is 6.92 Å². The van der Waals surface area contributed by atoms with Gasteiger partial charge < -0.3 is 20.9 Å². The van der Waals surface area contributed by atoms with Gasteiger partial charge in [-0.2, -0.15) is 0 Å². The first-order chi connectivity index (χ1) is 9.08. The highest BCUT2D eigenvalue weighted by atomic mass is 16.5. The van der Waals surface area contributed by atoms with Crippen LogP contribution in [0.4, 0.5) is 5.69 Å². The first kappa shape index (κ1) is 15.3. The normalized spacial score (nSPS) is 11.9. The second-order valence-corrected chi connectivity index (χ2v) is 4.29. The van der Waals surface area contributed by atoms with Crippen LogP contribution in [-0.2, 0) is 0 Å². The maximum atomic E-state index is 11.8. The molecule has 1 rings (SSSR count). The molecule has 0 aliphatic heterocycles. The summed E-state index contributed by atoms with van der Waals surface area (Å²) in [5, 5.41) is 12.1. The van der Waals surface area contributed by atoms with E-state index in [4.69, 9.17) is 10.5 Å². The average Bonchev–Trinajstić information content (AvgIpc) is 2.40. The Kier molecular flexibility index (Phi) is 6.15. The van der Waals surface area contributed by atoms with Gasteiger partial charge in [0.25, 0.3) is 5.91 Å². The van der Waals surface area contributed by atoms with Crippen molar-refractivity contribution < 1.29 is 14.6 Å². The highest BCUT2D eigenvalue weighted by Gasteiger charge is 2.09. The third kappa shape index (κ3) is 4.79. The van der Waals surface area contributed by atoms with Gasteiger partial charge in [0, 0.05) is 12.1 Å². The Morgan fingerprint density at radius 3 is 2.79 bits per heavy atom. The Morgan fingerprint density at radius 2 is 2.21 bits per heavy atom. The molecule has 0 fully saturated rings. The second-order valence-electron chi connectivity index (χ2n) is 4.29. The molecule has 0 spiro atoms. The lowest BCUT2D eigenvalue weighted by molar-refractivity contribution is 0.0942. The van der Waals surface area contributed by atoms with Crippen molar-refractivity contribution in [2.45, 2.75) is 32.8 Å². The van der Waals surface area contributed by atoms with Crippen LogP contribution in [0.15, 0.2) is 18.2 Å². The molecule has 0 aliphatic carbocycles. The number of hydrogen-bond acceptors (Lipinski definition) is 4. The monoisotopic (exact) mass is 266 g/mol. The van der Waals surface area contributed by atoms with Crippen LogP contribution >= 0.6 is 0 Å². The molecule has 4 N–H and O–H groups in total. The number of nitrogens with one attached hydrogen (secondary N) is 1. The van der Waals surface area contributed by atoms with E-state index in [0.29, 0.717) is 43.0 Å². The molecule has 5 nitrogen and oxygen atoms in total. The number of nitrogens with two attached hydrogens (primary N) is 1. The van der Waals surface area contributed by atoms with Gasteiger partial charge in [-0.05, 0) is 38.0 Å². The molecule has 5 heteroatoms. The number of benzene rings is 1. The lowest BCUT2D eigenvalue weighted by Crippen LogP contribution is -2.27. The standard InChI is InChI=1S/C14H22N2O3/c1-3-11(17)7-8-16-14(18)10-5-6-13(19-4-2)12(15)9-10/h5-6,9,11,17H,3-4,7-8,15H2,1-2H3,(H,16,18). The largest absolute Gasteiger partial charge is 0.492 e. The molecular weight excluding hydrogens is 244 g/mol. The smallest absolute Gasteiger partial charge is 0.251 e. The number of carbonyl (C=O) groups excluding carboxylic acids is 1. The minimum absolute atomic E-state index is 0.196. The van der Waals surface area contributed by atoms with E-state index in [2.05, 4.69) is 5.32 Å². The Balaban J connectivity index is 2.55. The van der Waals surface area contributed by atoms with Gasteiger partial charge in [0.05, 0.1) is 18.4 Å². The lowest BCUT2D eigenvalue weighted by Gasteiger charge is -2.10. The number of hydrogen-bond donors (Lipinski definition) is 3. The number of aliphatic hydroxyl groups is 1. The zero-order chi connectivity index (χ0) is 14.3. The number of amides is 1. The molecule has 0 heterocycles.